The van der Waals surface area contributed by atoms with Crippen molar-refractivity contribution in [1.82, 2.24) is 10.2 Å². The van der Waals surface area contributed by atoms with Gasteiger partial charge in [0.25, 0.3) is 0 Å². The highest BCUT2D eigenvalue weighted by Gasteiger charge is 2.79. The van der Waals surface area contributed by atoms with Gasteiger partial charge in [-0.3, -0.25) is 14.4 Å². The monoisotopic (exact) mass is 553 g/mol. The molecule has 0 aromatic heterocycles. The van der Waals surface area contributed by atoms with Gasteiger partial charge in [0.1, 0.15) is 11.6 Å². The van der Waals surface area contributed by atoms with Crippen LogP contribution in [0.1, 0.15) is 50.7 Å². The number of hydrogen-bond donors (Lipinski definition) is 3. The molecular weight excluding hydrogens is 518 g/mol. The highest BCUT2D eigenvalue weighted by Crippen LogP contribution is 2.64. The molecule has 2 aromatic carbocycles. The Kier molecular flexibility index (Phi) is 7.48. The number of aliphatic hydroxyl groups is 1. The lowest BCUT2D eigenvalue weighted by Gasteiger charge is -2.37. The van der Waals surface area contributed by atoms with Crippen molar-refractivity contribution in [2.45, 2.75) is 76.3 Å². The fraction of sp³-hybridized carbons (Fsp3) is 0.500. The molecule has 5 rings (SSSR count). The van der Waals surface area contributed by atoms with Crippen molar-refractivity contribution in [3.05, 3.63) is 64.7 Å². The Morgan fingerprint density at radius 2 is 1.87 bits per heavy atom. The minimum Gasteiger partial charge on any atom is -0.394 e. The number of rotatable bonds is 9. The molecule has 0 radical (unpaired) electrons. The number of amides is 3. The zero-order valence-electron chi connectivity index (χ0n) is 22.6. The van der Waals surface area contributed by atoms with Crippen molar-refractivity contribution < 1.29 is 24.2 Å². The van der Waals surface area contributed by atoms with Crippen molar-refractivity contribution >= 4 is 35.0 Å². The summed E-state index contributed by atoms with van der Waals surface area (Å²) in [6, 6.07) is 13.3. The molecule has 208 valence electrons. The third-order valence-corrected chi connectivity index (χ3v) is 9.32. The Labute approximate surface area is 234 Å². The quantitative estimate of drug-likeness (QED) is 0.437. The minimum absolute atomic E-state index is 0.249. The van der Waals surface area contributed by atoms with E-state index in [4.69, 9.17) is 16.3 Å². The van der Waals surface area contributed by atoms with Crippen LogP contribution in [0.4, 0.5) is 5.69 Å². The molecule has 9 heteroatoms. The molecule has 1 spiro atoms. The van der Waals surface area contributed by atoms with E-state index in [-0.39, 0.29) is 18.4 Å². The zero-order valence-corrected chi connectivity index (χ0v) is 23.3. The smallest absolute Gasteiger partial charge is 0.250 e. The average molecular weight is 554 g/mol. The summed E-state index contributed by atoms with van der Waals surface area (Å²) in [7, 11) is 0. The molecule has 3 amide bonds. The lowest BCUT2D eigenvalue weighted by atomic mass is 9.65. The van der Waals surface area contributed by atoms with Crippen molar-refractivity contribution in [3.8, 4) is 0 Å². The van der Waals surface area contributed by atoms with Gasteiger partial charge in [0.15, 0.2) is 0 Å². The first kappa shape index (κ1) is 27.6. The first-order valence-electron chi connectivity index (χ1n) is 13.7. The maximum Gasteiger partial charge on any atom is 0.250 e. The van der Waals surface area contributed by atoms with Crippen LogP contribution in [-0.4, -0.2) is 57.6 Å². The van der Waals surface area contributed by atoms with E-state index in [0.717, 1.165) is 11.1 Å². The van der Waals surface area contributed by atoms with Crippen LogP contribution < -0.4 is 10.6 Å². The fourth-order valence-corrected chi connectivity index (χ4v) is 7.31. The third kappa shape index (κ3) is 4.33. The molecule has 3 aliphatic heterocycles. The molecule has 2 unspecified atom stereocenters. The van der Waals surface area contributed by atoms with Crippen LogP contribution in [0.2, 0.25) is 5.02 Å². The van der Waals surface area contributed by atoms with Gasteiger partial charge in [0, 0.05) is 6.54 Å². The predicted octanol–water partition coefficient (Wildman–Crippen LogP) is 3.83. The van der Waals surface area contributed by atoms with E-state index in [2.05, 4.69) is 10.6 Å². The molecule has 3 fully saturated rings. The summed E-state index contributed by atoms with van der Waals surface area (Å²) < 4.78 is 6.78. The number of fused-ring (bicyclic) bond motifs is 1. The maximum atomic E-state index is 14.2. The summed E-state index contributed by atoms with van der Waals surface area (Å²) in [4.78, 5) is 43.6. The van der Waals surface area contributed by atoms with E-state index in [1.165, 1.54) is 4.90 Å². The SMILES string of the molecule is CC[C@@H](CO)N1C(=O)[C@@H]2[C@H](C(=O)NCc3ccccc3)[C@]3(CC)CCC2(O3)C1C(=O)Nc1c(C)cccc1Cl. The number of aliphatic hydroxyl groups excluding tert-OH is 1. The van der Waals surface area contributed by atoms with Crippen LogP contribution in [0, 0.1) is 18.8 Å². The molecule has 2 aromatic rings. The van der Waals surface area contributed by atoms with E-state index in [1.54, 1.807) is 12.1 Å². The Hall–Kier alpha value is -2.94. The molecule has 3 saturated heterocycles. The molecule has 3 heterocycles. The third-order valence-electron chi connectivity index (χ3n) is 9.00. The first-order valence-corrected chi connectivity index (χ1v) is 14.1. The number of carbonyl (C=O) groups is 3. The Balaban J connectivity index is 1.53. The summed E-state index contributed by atoms with van der Waals surface area (Å²) in [6.07, 6.45) is 2.02. The Morgan fingerprint density at radius 3 is 2.51 bits per heavy atom. The molecule has 0 saturated carbocycles. The van der Waals surface area contributed by atoms with E-state index in [0.29, 0.717) is 42.9 Å². The molecule has 0 aliphatic carbocycles. The molecule has 3 aliphatic rings. The first-order chi connectivity index (χ1) is 18.7. The lowest BCUT2D eigenvalue weighted by Crippen LogP contribution is -2.56. The number of halogens is 1. The number of ether oxygens (including phenoxy) is 1. The Bertz CT molecular complexity index is 1250. The zero-order chi connectivity index (χ0) is 27.9. The summed E-state index contributed by atoms with van der Waals surface area (Å²) >= 11 is 6.43. The number of nitrogens with one attached hydrogen (secondary N) is 2. The van der Waals surface area contributed by atoms with Gasteiger partial charge in [-0.25, -0.2) is 0 Å². The molecule has 6 atom stereocenters. The number of nitrogens with zero attached hydrogens (tertiary/aromatic N) is 1. The number of likely N-dealkylation sites (tertiary alicyclic amines) is 1. The largest absolute Gasteiger partial charge is 0.394 e. The summed E-state index contributed by atoms with van der Waals surface area (Å²) in [5, 5.41) is 16.6. The minimum atomic E-state index is -1.18. The second kappa shape index (κ2) is 10.6. The molecule has 2 bridgehead atoms. The summed E-state index contributed by atoms with van der Waals surface area (Å²) in [5.41, 5.74) is 0.197. The second-order valence-corrected chi connectivity index (χ2v) is 11.4. The molecule has 8 nitrogen and oxygen atoms in total. The Morgan fingerprint density at radius 1 is 1.13 bits per heavy atom. The number of anilines is 1. The number of hydrogen-bond acceptors (Lipinski definition) is 5. The predicted molar refractivity (Wildman–Crippen MR) is 148 cm³/mol. The fourth-order valence-electron chi connectivity index (χ4n) is 7.04. The van der Waals surface area contributed by atoms with Gasteiger partial charge in [0.2, 0.25) is 17.7 Å². The summed E-state index contributed by atoms with van der Waals surface area (Å²) in [5.74, 6) is -2.56. The van der Waals surface area contributed by atoms with E-state index in [9.17, 15) is 19.5 Å². The number of aryl methyl sites for hydroxylation is 1. The van der Waals surface area contributed by atoms with Gasteiger partial charge in [0.05, 0.1) is 40.8 Å². The van der Waals surface area contributed by atoms with E-state index < -0.39 is 41.0 Å². The van der Waals surface area contributed by atoms with Gasteiger partial charge >= 0.3 is 0 Å². The number of benzene rings is 2. The molecular formula is C30H36ClN3O5. The van der Waals surface area contributed by atoms with Crippen molar-refractivity contribution in [1.29, 1.82) is 0 Å². The van der Waals surface area contributed by atoms with E-state index in [1.807, 2.05) is 57.2 Å². The maximum absolute atomic E-state index is 14.2. The van der Waals surface area contributed by atoms with Crippen LogP contribution >= 0.6 is 11.6 Å². The van der Waals surface area contributed by atoms with Gasteiger partial charge < -0.3 is 25.4 Å². The molecule has 3 N–H and O–H groups in total. The second-order valence-electron chi connectivity index (χ2n) is 10.9. The normalized spacial score (nSPS) is 29.8. The van der Waals surface area contributed by atoms with Crippen molar-refractivity contribution in [2.75, 3.05) is 11.9 Å². The van der Waals surface area contributed by atoms with Crippen LogP contribution in [-0.2, 0) is 25.7 Å². The van der Waals surface area contributed by atoms with Crippen molar-refractivity contribution in [2.24, 2.45) is 11.8 Å². The summed E-state index contributed by atoms with van der Waals surface area (Å²) in [6.45, 7) is 5.70. The standard InChI is InChI=1S/C30H36ClN3O5/c1-4-20(17-35)34-25(27(37)33-24-18(3)10-9-13-21(24)31)30-15-14-29(5-2,39-30)22(23(30)28(34)38)26(36)32-16-19-11-7-6-8-12-19/h6-13,20,22-23,25,35H,4-5,14-17H2,1-3H3,(H,32,36)(H,33,37)/t20-,22+,23-,25?,29-,30?/m0/s1. The number of para-hydroxylation sites is 1. The van der Waals surface area contributed by atoms with Crippen LogP contribution in [0.25, 0.3) is 0 Å². The molecule has 39 heavy (non-hydrogen) atoms. The number of carbonyl (C=O) groups excluding carboxylic acids is 3. The van der Waals surface area contributed by atoms with Crippen LogP contribution in [0.5, 0.6) is 0 Å². The lowest BCUT2D eigenvalue weighted by molar-refractivity contribution is -0.149. The van der Waals surface area contributed by atoms with Gasteiger partial charge in [-0.05, 0) is 49.8 Å². The van der Waals surface area contributed by atoms with Crippen LogP contribution in [0.3, 0.4) is 0 Å². The average Bonchev–Trinajstić information content (AvgIpc) is 3.55. The van der Waals surface area contributed by atoms with Gasteiger partial charge in [-0.1, -0.05) is 67.9 Å². The highest BCUT2D eigenvalue weighted by atomic mass is 35.5. The topological polar surface area (TPSA) is 108 Å². The van der Waals surface area contributed by atoms with Gasteiger partial charge in [-0.15, -0.1) is 0 Å². The highest BCUT2D eigenvalue weighted by molar-refractivity contribution is 6.34. The van der Waals surface area contributed by atoms with E-state index >= 15 is 0 Å². The van der Waals surface area contributed by atoms with Crippen molar-refractivity contribution in [3.63, 3.8) is 0 Å². The van der Waals surface area contributed by atoms with Gasteiger partial charge in [-0.2, -0.15) is 0 Å². The van der Waals surface area contributed by atoms with Crippen LogP contribution in [0.15, 0.2) is 48.5 Å².